The summed E-state index contributed by atoms with van der Waals surface area (Å²) in [6, 6.07) is 11.3. The van der Waals surface area contributed by atoms with Crippen LogP contribution in [-0.2, 0) is 6.42 Å². The van der Waals surface area contributed by atoms with Crippen molar-refractivity contribution in [1.29, 1.82) is 0 Å². The van der Waals surface area contributed by atoms with Crippen molar-refractivity contribution < 1.29 is 4.79 Å². The molecule has 0 saturated heterocycles. The van der Waals surface area contributed by atoms with Gasteiger partial charge in [0.15, 0.2) is 11.5 Å². The van der Waals surface area contributed by atoms with E-state index in [-0.39, 0.29) is 11.9 Å². The van der Waals surface area contributed by atoms with Crippen LogP contribution in [0.15, 0.2) is 42.6 Å². The number of carbonyl (C=O) groups excluding carboxylic acids is 1. The third-order valence-electron chi connectivity index (χ3n) is 4.41. The zero-order valence-corrected chi connectivity index (χ0v) is 13.5. The Bertz CT molecular complexity index is 901. The van der Waals surface area contributed by atoms with Crippen LogP contribution in [-0.4, -0.2) is 27.0 Å². The van der Waals surface area contributed by atoms with Crippen molar-refractivity contribution in [2.24, 2.45) is 0 Å². The van der Waals surface area contributed by atoms with Gasteiger partial charge >= 0.3 is 0 Å². The molecule has 0 bridgehead atoms. The number of fused-ring (bicyclic) bond motifs is 2. The second kappa shape index (κ2) is 5.96. The van der Waals surface area contributed by atoms with Gasteiger partial charge in [0.25, 0.3) is 5.91 Å². The van der Waals surface area contributed by atoms with Crippen LogP contribution in [0.1, 0.15) is 41.1 Å². The number of pyridine rings is 1. The molecule has 4 rings (SSSR count). The number of amides is 1. The lowest BCUT2D eigenvalue weighted by molar-refractivity contribution is 0.0937. The van der Waals surface area contributed by atoms with Gasteiger partial charge in [-0.25, -0.2) is 0 Å². The highest BCUT2D eigenvalue weighted by Crippen LogP contribution is 2.25. The zero-order valence-electron chi connectivity index (χ0n) is 13.5. The van der Waals surface area contributed by atoms with Gasteiger partial charge in [-0.1, -0.05) is 12.1 Å². The molecule has 0 fully saturated rings. The molecule has 122 valence electrons. The molecule has 2 N–H and O–H groups in total. The van der Waals surface area contributed by atoms with E-state index in [0.29, 0.717) is 0 Å². The lowest BCUT2D eigenvalue weighted by Crippen LogP contribution is -2.29. The zero-order chi connectivity index (χ0) is 16.5. The number of nitrogens with zero attached hydrogens (tertiary/aromatic N) is 3. The molecule has 1 atom stereocenters. The number of hydrogen-bond acceptors (Lipinski definition) is 4. The number of hydrogen-bond donors (Lipinski definition) is 2. The summed E-state index contributed by atoms with van der Waals surface area (Å²) < 4.78 is 1.90. The van der Waals surface area contributed by atoms with Crippen LogP contribution in [0.2, 0.25) is 0 Å². The molecule has 1 amide bonds. The maximum absolute atomic E-state index is 12.8. The Kier molecular flexibility index (Phi) is 3.65. The predicted octanol–water partition coefficient (Wildman–Crippen LogP) is 2.58. The van der Waals surface area contributed by atoms with Crippen molar-refractivity contribution >= 4 is 17.2 Å². The fraction of sp³-hybridized carbons (Fsp3) is 0.278. The van der Waals surface area contributed by atoms with Gasteiger partial charge in [0.1, 0.15) is 0 Å². The lowest BCUT2D eigenvalue weighted by Gasteiger charge is -2.21. The maximum atomic E-state index is 12.8. The van der Waals surface area contributed by atoms with Gasteiger partial charge in [0, 0.05) is 24.0 Å². The Labute approximate surface area is 139 Å². The molecule has 6 heteroatoms. The molecule has 0 saturated carbocycles. The molecule has 1 aromatic carbocycles. The fourth-order valence-corrected chi connectivity index (χ4v) is 3.22. The number of anilines is 1. The normalized spacial score (nSPS) is 14.7. The van der Waals surface area contributed by atoms with E-state index in [2.05, 4.69) is 20.8 Å². The van der Waals surface area contributed by atoms with Crippen LogP contribution in [0.5, 0.6) is 0 Å². The highest BCUT2D eigenvalue weighted by Gasteiger charge is 2.21. The molecule has 0 aliphatic carbocycles. The lowest BCUT2D eigenvalue weighted by atomic mass is 9.97. The molecule has 3 aromatic rings. The molecule has 3 heterocycles. The minimum atomic E-state index is -0.234. The van der Waals surface area contributed by atoms with E-state index in [1.165, 1.54) is 0 Å². The standard InChI is InChI=1S/C18H19N5O/c1-12(17-22-21-16-9-2-3-11-23(16)17)20-18(24)14-6-4-8-15-13(14)7-5-10-19-15/h2-4,6,8-9,11-12,19H,5,7,10H2,1H3,(H,20,24). The van der Waals surface area contributed by atoms with Crippen LogP contribution in [0.25, 0.3) is 5.65 Å². The van der Waals surface area contributed by atoms with Crippen LogP contribution in [0, 0.1) is 0 Å². The van der Waals surface area contributed by atoms with Crippen molar-refractivity contribution in [3.8, 4) is 0 Å². The molecule has 1 aliphatic rings. The fourth-order valence-electron chi connectivity index (χ4n) is 3.22. The average Bonchev–Trinajstić information content (AvgIpc) is 3.05. The van der Waals surface area contributed by atoms with Gasteiger partial charge in [-0.05, 0) is 49.6 Å². The topological polar surface area (TPSA) is 71.3 Å². The first kappa shape index (κ1) is 14.7. The summed E-state index contributed by atoms with van der Waals surface area (Å²) >= 11 is 0. The largest absolute Gasteiger partial charge is 0.385 e. The molecular weight excluding hydrogens is 302 g/mol. The summed E-state index contributed by atoms with van der Waals surface area (Å²) in [7, 11) is 0. The van der Waals surface area contributed by atoms with Crippen LogP contribution >= 0.6 is 0 Å². The highest BCUT2D eigenvalue weighted by molar-refractivity contribution is 5.97. The van der Waals surface area contributed by atoms with E-state index in [1.807, 2.05) is 53.9 Å². The van der Waals surface area contributed by atoms with Gasteiger partial charge in [-0.3, -0.25) is 9.20 Å². The Morgan fingerprint density at radius 1 is 1.25 bits per heavy atom. The Hall–Kier alpha value is -2.89. The van der Waals surface area contributed by atoms with Gasteiger partial charge in [0.05, 0.1) is 6.04 Å². The first-order valence-electron chi connectivity index (χ1n) is 8.20. The number of nitrogens with one attached hydrogen (secondary N) is 2. The second-order valence-electron chi connectivity index (χ2n) is 6.04. The smallest absolute Gasteiger partial charge is 0.252 e. The van der Waals surface area contributed by atoms with Gasteiger partial charge in [-0.15, -0.1) is 10.2 Å². The van der Waals surface area contributed by atoms with E-state index < -0.39 is 0 Å². The van der Waals surface area contributed by atoms with Gasteiger partial charge < -0.3 is 10.6 Å². The Balaban J connectivity index is 1.60. The van der Waals surface area contributed by atoms with Crippen molar-refractivity contribution in [3.05, 3.63) is 59.5 Å². The summed E-state index contributed by atoms with van der Waals surface area (Å²) in [6.07, 6.45) is 3.87. The van der Waals surface area contributed by atoms with E-state index in [1.54, 1.807) is 0 Å². The monoisotopic (exact) mass is 321 g/mol. The summed E-state index contributed by atoms with van der Waals surface area (Å²) in [5.74, 6) is 0.651. The molecule has 2 aromatic heterocycles. The summed E-state index contributed by atoms with van der Waals surface area (Å²) in [6.45, 7) is 2.88. The van der Waals surface area contributed by atoms with Crippen molar-refractivity contribution in [2.45, 2.75) is 25.8 Å². The van der Waals surface area contributed by atoms with Crippen LogP contribution < -0.4 is 10.6 Å². The molecule has 1 unspecified atom stereocenters. The first-order valence-corrected chi connectivity index (χ1v) is 8.20. The predicted molar refractivity (Wildman–Crippen MR) is 92.1 cm³/mol. The second-order valence-corrected chi connectivity index (χ2v) is 6.04. The molecule has 6 nitrogen and oxygen atoms in total. The number of benzene rings is 1. The quantitative estimate of drug-likeness (QED) is 0.778. The SMILES string of the molecule is CC(NC(=O)c1cccc2c1CCCN2)c1nnc2ccccn12. The van der Waals surface area contributed by atoms with Gasteiger partial charge in [-0.2, -0.15) is 0 Å². The Morgan fingerprint density at radius 2 is 2.17 bits per heavy atom. The van der Waals surface area contributed by atoms with Crippen LogP contribution in [0.3, 0.4) is 0 Å². The molecule has 1 aliphatic heterocycles. The summed E-state index contributed by atoms with van der Waals surface area (Å²) in [4.78, 5) is 12.8. The third kappa shape index (κ3) is 2.50. The minimum absolute atomic E-state index is 0.0734. The van der Waals surface area contributed by atoms with Crippen molar-refractivity contribution in [1.82, 2.24) is 19.9 Å². The van der Waals surface area contributed by atoms with E-state index in [9.17, 15) is 4.79 Å². The van der Waals surface area contributed by atoms with Crippen LogP contribution in [0.4, 0.5) is 5.69 Å². The van der Waals surface area contributed by atoms with E-state index in [4.69, 9.17) is 0 Å². The number of rotatable bonds is 3. The number of carbonyl (C=O) groups is 1. The van der Waals surface area contributed by atoms with Crippen molar-refractivity contribution in [2.75, 3.05) is 11.9 Å². The van der Waals surface area contributed by atoms with Crippen molar-refractivity contribution in [3.63, 3.8) is 0 Å². The summed E-state index contributed by atoms with van der Waals surface area (Å²) in [5.41, 5.74) is 3.67. The van der Waals surface area contributed by atoms with Gasteiger partial charge in [0.2, 0.25) is 0 Å². The molecule has 24 heavy (non-hydrogen) atoms. The first-order chi connectivity index (χ1) is 11.7. The summed E-state index contributed by atoms with van der Waals surface area (Å²) in [5, 5.41) is 14.8. The molecule has 0 spiro atoms. The number of aromatic nitrogens is 3. The average molecular weight is 321 g/mol. The van der Waals surface area contributed by atoms with E-state index >= 15 is 0 Å². The third-order valence-corrected chi connectivity index (χ3v) is 4.41. The highest BCUT2D eigenvalue weighted by atomic mass is 16.1. The maximum Gasteiger partial charge on any atom is 0.252 e. The van der Waals surface area contributed by atoms with E-state index in [0.717, 1.165) is 47.7 Å². The molecular formula is C18H19N5O. The Morgan fingerprint density at radius 3 is 3.08 bits per heavy atom. The minimum Gasteiger partial charge on any atom is -0.385 e. The molecule has 0 radical (unpaired) electrons.